The molecule has 0 saturated carbocycles. The maximum Gasteiger partial charge on any atom is 0.261 e. The number of benzene rings is 3. The number of carbonyl (C=O) groups excluding carboxylic acids is 1. The van der Waals surface area contributed by atoms with E-state index >= 15 is 0 Å². The standard InChI is InChI=1S/C21H19BrN2O3S/c1-15-10-11-19(22)20(12-15)24-28(26,27)18-9-5-8-17(13-18)21(25)23-14-16-6-3-2-4-7-16/h2-13,24H,14H2,1H3,(H,23,25). The van der Waals surface area contributed by atoms with E-state index in [-0.39, 0.29) is 16.4 Å². The van der Waals surface area contributed by atoms with Gasteiger partial charge in [0.15, 0.2) is 0 Å². The minimum atomic E-state index is -3.84. The number of sulfonamides is 1. The zero-order chi connectivity index (χ0) is 20.1. The topological polar surface area (TPSA) is 75.3 Å². The molecule has 0 radical (unpaired) electrons. The van der Waals surface area contributed by atoms with Gasteiger partial charge in [0.2, 0.25) is 0 Å². The zero-order valence-corrected chi connectivity index (χ0v) is 17.5. The fourth-order valence-electron chi connectivity index (χ4n) is 2.61. The second-order valence-electron chi connectivity index (χ2n) is 6.28. The van der Waals surface area contributed by atoms with Gasteiger partial charge in [0.05, 0.1) is 10.6 Å². The number of anilines is 1. The fourth-order valence-corrected chi connectivity index (χ4v) is 4.20. The highest BCUT2D eigenvalue weighted by atomic mass is 79.9. The summed E-state index contributed by atoms with van der Waals surface area (Å²) >= 11 is 3.35. The molecule has 0 saturated heterocycles. The van der Waals surface area contributed by atoms with Crippen molar-refractivity contribution in [2.24, 2.45) is 0 Å². The van der Waals surface area contributed by atoms with Gasteiger partial charge in [-0.25, -0.2) is 8.42 Å². The molecule has 28 heavy (non-hydrogen) atoms. The lowest BCUT2D eigenvalue weighted by Crippen LogP contribution is -2.23. The smallest absolute Gasteiger partial charge is 0.261 e. The van der Waals surface area contributed by atoms with Gasteiger partial charge >= 0.3 is 0 Å². The Hall–Kier alpha value is -2.64. The Kier molecular flexibility index (Phi) is 6.16. The summed E-state index contributed by atoms with van der Waals surface area (Å²) in [5, 5.41) is 2.80. The lowest BCUT2D eigenvalue weighted by molar-refractivity contribution is 0.0950. The lowest BCUT2D eigenvalue weighted by Gasteiger charge is -2.12. The number of hydrogen-bond donors (Lipinski definition) is 2. The minimum absolute atomic E-state index is 0.0215. The molecular weight excluding hydrogens is 440 g/mol. The average Bonchev–Trinajstić information content (AvgIpc) is 2.69. The van der Waals surface area contributed by atoms with Gasteiger partial charge in [-0.3, -0.25) is 9.52 Å². The molecule has 0 unspecified atom stereocenters. The number of nitrogens with one attached hydrogen (secondary N) is 2. The Balaban J connectivity index is 1.77. The molecule has 2 N–H and O–H groups in total. The number of halogens is 1. The first-order valence-electron chi connectivity index (χ1n) is 8.56. The molecule has 0 aliphatic carbocycles. The highest BCUT2D eigenvalue weighted by Gasteiger charge is 2.18. The third-order valence-corrected chi connectivity index (χ3v) is 6.12. The van der Waals surface area contributed by atoms with Crippen molar-refractivity contribution >= 4 is 37.5 Å². The van der Waals surface area contributed by atoms with Crippen LogP contribution in [0, 0.1) is 6.92 Å². The maximum atomic E-state index is 12.8. The summed E-state index contributed by atoms with van der Waals surface area (Å²) in [5.41, 5.74) is 2.61. The first-order valence-corrected chi connectivity index (χ1v) is 10.8. The van der Waals surface area contributed by atoms with E-state index in [4.69, 9.17) is 0 Å². The van der Waals surface area contributed by atoms with Crippen LogP contribution in [-0.2, 0) is 16.6 Å². The van der Waals surface area contributed by atoms with E-state index in [1.165, 1.54) is 12.1 Å². The molecule has 144 valence electrons. The molecule has 3 aromatic carbocycles. The van der Waals surface area contributed by atoms with Crippen LogP contribution in [0.5, 0.6) is 0 Å². The summed E-state index contributed by atoms with van der Waals surface area (Å²) in [6.45, 7) is 2.24. The zero-order valence-electron chi connectivity index (χ0n) is 15.1. The number of hydrogen-bond acceptors (Lipinski definition) is 3. The van der Waals surface area contributed by atoms with Crippen LogP contribution in [-0.4, -0.2) is 14.3 Å². The quantitative estimate of drug-likeness (QED) is 0.571. The molecule has 0 aliphatic heterocycles. The first kappa shape index (κ1) is 20.1. The van der Waals surface area contributed by atoms with Crippen LogP contribution in [0.4, 0.5) is 5.69 Å². The third kappa shape index (κ3) is 4.99. The van der Waals surface area contributed by atoms with Gasteiger partial charge in [-0.1, -0.05) is 42.5 Å². The van der Waals surface area contributed by atoms with Crippen LogP contribution in [0.15, 0.2) is 82.2 Å². The lowest BCUT2D eigenvalue weighted by atomic mass is 10.2. The first-order chi connectivity index (χ1) is 13.3. The molecule has 0 spiro atoms. The SMILES string of the molecule is Cc1ccc(Br)c(NS(=O)(=O)c2cccc(C(=O)NCc3ccccc3)c2)c1. The molecule has 0 heterocycles. The summed E-state index contributed by atoms with van der Waals surface area (Å²) in [7, 11) is -3.84. The van der Waals surface area contributed by atoms with E-state index in [1.54, 1.807) is 24.3 Å². The molecule has 0 fully saturated rings. The van der Waals surface area contributed by atoms with E-state index in [1.807, 2.05) is 43.3 Å². The van der Waals surface area contributed by atoms with Crippen molar-refractivity contribution in [2.75, 3.05) is 4.72 Å². The summed E-state index contributed by atoms with van der Waals surface area (Å²) in [6, 6.07) is 20.9. The Bertz CT molecular complexity index is 1100. The van der Waals surface area contributed by atoms with Crippen LogP contribution in [0.2, 0.25) is 0 Å². The van der Waals surface area contributed by atoms with E-state index < -0.39 is 10.0 Å². The molecule has 0 atom stereocenters. The normalized spacial score (nSPS) is 11.1. The van der Waals surface area contributed by atoms with Gasteiger partial charge in [0, 0.05) is 16.6 Å². The molecule has 5 nitrogen and oxygen atoms in total. The van der Waals surface area contributed by atoms with Crippen molar-refractivity contribution in [3.05, 3.63) is 94.0 Å². The second kappa shape index (κ2) is 8.58. The number of carbonyl (C=O) groups is 1. The molecule has 0 aliphatic rings. The average molecular weight is 459 g/mol. The van der Waals surface area contributed by atoms with Gasteiger partial charge in [-0.2, -0.15) is 0 Å². The van der Waals surface area contributed by atoms with Crippen LogP contribution >= 0.6 is 15.9 Å². The van der Waals surface area contributed by atoms with Gasteiger partial charge < -0.3 is 5.32 Å². The van der Waals surface area contributed by atoms with Gasteiger partial charge in [0.25, 0.3) is 15.9 Å². The van der Waals surface area contributed by atoms with Crippen LogP contribution in [0.3, 0.4) is 0 Å². The Labute approximate surface area is 173 Å². The van der Waals surface area contributed by atoms with E-state index in [0.29, 0.717) is 16.7 Å². The van der Waals surface area contributed by atoms with Gasteiger partial charge in [0.1, 0.15) is 0 Å². The molecular formula is C21H19BrN2O3S. The molecule has 1 amide bonds. The van der Waals surface area contributed by atoms with Crippen molar-refractivity contribution in [1.29, 1.82) is 0 Å². The molecule has 3 aromatic rings. The Morgan fingerprint density at radius 2 is 1.71 bits per heavy atom. The molecule has 0 bridgehead atoms. The highest BCUT2D eigenvalue weighted by molar-refractivity contribution is 9.10. The summed E-state index contributed by atoms with van der Waals surface area (Å²) < 4.78 is 28.7. The predicted molar refractivity (Wildman–Crippen MR) is 114 cm³/mol. The summed E-state index contributed by atoms with van der Waals surface area (Å²) in [4.78, 5) is 12.4. The molecule has 3 rings (SSSR count). The predicted octanol–water partition coefficient (Wildman–Crippen LogP) is 4.49. The van der Waals surface area contributed by atoms with Crippen molar-refractivity contribution in [3.8, 4) is 0 Å². The van der Waals surface area contributed by atoms with Crippen LogP contribution in [0.1, 0.15) is 21.5 Å². The van der Waals surface area contributed by atoms with Gasteiger partial charge in [-0.15, -0.1) is 0 Å². The van der Waals surface area contributed by atoms with E-state index in [2.05, 4.69) is 26.0 Å². The van der Waals surface area contributed by atoms with E-state index in [9.17, 15) is 13.2 Å². The Morgan fingerprint density at radius 1 is 0.964 bits per heavy atom. The van der Waals surface area contributed by atoms with Crippen molar-refractivity contribution in [2.45, 2.75) is 18.4 Å². The van der Waals surface area contributed by atoms with Gasteiger partial charge in [-0.05, 0) is 64.3 Å². The second-order valence-corrected chi connectivity index (χ2v) is 8.82. The fraction of sp³-hybridized carbons (Fsp3) is 0.0952. The van der Waals surface area contributed by atoms with E-state index in [0.717, 1.165) is 11.1 Å². The minimum Gasteiger partial charge on any atom is -0.348 e. The third-order valence-electron chi connectivity index (χ3n) is 4.07. The maximum absolute atomic E-state index is 12.8. The molecule has 7 heteroatoms. The molecule has 0 aromatic heterocycles. The van der Waals surface area contributed by atoms with Crippen molar-refractivity contribution in [1.82, 2.24) is 5.32 Å². The largest absolute Gasteiger partial charge is 0.348 e. The number of rotatable bonds is 6. The van der Waals surface area contributed by atoms with Crippen molar-refractivity contribution < 1.29 is 13.2 Å². The number of amides is 1. The summed E-state index contributed by atoms with van der Waals surface area (Å²) in [5.74, 6) is -0.336. The number of aryl methyl sites for hydroxylation is 1. The summed E-state index contributed by atoms with van der Waals surface area (Å²) in [6.07, 6.45) is 0. The monoisotopic (exact) mass is 458 g/mol. The highest BCUT2D eigenvalue weighted by Crippen LogP contribution is 2.26. The van der Waals surface area contributed by atoms with Crippen LogP contribution < -0.4 is 10.0 Å². The van der Waals surface area contributed by atoms with Crippen LogP contribution in [0.25, 0.3) is 0 Å². The Morgan fingerprint density at radius 3 is 2.46 bits per heavy atom. The van der Waals surface area contributed by atoms with Crippen molar-refractivity contribution in [3.63, 3.8) is 0 Å².